The van der Waals surface area contributed by atoms with Crippen LogP contribution in [0.4, 0.5) is 9.59 Å². The first-order valence-electron chi connectivity index (χ1n) is 8.51. The molecule has 140 valence electrons. The van der Waals surface area contributed by atoms with Gasteiger partial charge >= 0.3 is 12.1 Å². The fourth-order valence-corrected chi connectivity index (χ4v) is 2.75. The Morgan fingerprint density at radius 1 is 1.19 bits per heavy atom. The van der Waals surface area contributed by atoms with Crippen LogP contribution in [-0.2, 0) is 15.1 Å². The lowest BCUT2D eigenvalue weighted by Gasteiger charge is -2.22. The summed E-state index contributed by atoms with van der Waals surface area (Å²) in [5.41, 5.74) is 0.498. The molecule has 0 unspecified atom stereocenters. The monoisotopic (exact) mass is 360 g/mol. The summed E-state index contributed by atoms with van der Waals surface area (Å²) in [7, 11) is 0. The number of urea groups is 2. The van der Waals surface area contributed by atoms with Gasteiger partial charge in [-0.2, -0.15) is 0 Å². The first-order chi connectivity index (χ1) is 12.2. The molecular formula is C18H24N4O4. The van der Waals surface area contributed by atoms with Crippen LogP contribution < -0.4 is 16.0 Å². The molecule has 6 amide bonds. The Hall–Kier alpha value is -2.90. The number of nitrogens with one attached hydrogen (secondary N) is 3. The van der Waals surface area contributed by atoms with Gasteiger partial charge in [-0.15, -0.1) is 0 Å². The maximum Gasteiger partial charge on any atom is 0.325 e. The van der Waals surface area contributed by atoms with E-state index in [1.165, 1.54) is 0 Å². The molecule has 1 aromatic rings. The number of imide groups is 2. The van der Waals surface area contributed by atoms with Crippen molar-refractivity contribution in [3.05, 3.63) is 35.4 Å². The highest BCUT2D eigenvalue weighted by Crippen LogP contribution is 2.29. The zero-order chi connectivity index (χ0) is 19.5. The summed E-state index contributed by atoms with van der Waals surface area (Å²) in [5.74, 6) is -0.926. The lowest BCUT2D eigenvalue weighted by Crippen LogP contribution is -2.46. The normalized spacial score (nSPS) is 19.5. The van der Waals surface area contributed by atoms with Crippen molar-refractivity contribution >= 4 is 23.9 Å². The number of rotatable bonds is 5. The van der Waals surface area contributed by atoms with Crippen LogP contribution in [0.2, 0.25) is 0 Å². The first-order valence-corrected chi connectivity index (χ1v) is 8.51. The molecule has 8 nitrogen and oxygen atoms in total. The quantitative estimate of drug-likeness (QED) is 0.690. The molecule has 1 heterocycles. The van der Waals surface area contributed by atoms with Gasteiger partial charge < -0.3 is 10.6 Å². The third-order valence-electron chi connectivity index (χ3n) is 4.32. The molecule has 2 rings (SSSR count). The van der Waals surface area contributed by atoms with E-state index in [9.17, 15) is 19.2 Å². The predicted octanol–water partition coefficient (Wildman–Crippen LogP) is 1.42. The van der Waals surface area contributed by atoms with Crippen molar-refractivity contribution in [3.63, 3.8) is 0 Å². The Morgan fingerprint density at radius 3 is 2.35 bits per heavy atom. The Bertz CT molecular complexity index is 729. The van der Waals surface area contributed by atoms with E-state index in [0.29, 0.717) is 18.0 Å². The van der Waals surface area contributed by atoms with Gasteiger partial charge in [0.1, 0.15) is 12.1 Å². The highest BCUT2D eigenvalue weighted by atomic mass is 16.2. The number of hydrogen-bond acceptors (Lipinski definition) is 4. The molecule has 1 fully saturated rings. The molecule has 1 aromatic carbocycles. The van der Waals surface area contributed by atoms with Gasteiger partial charge in [0, 0.05) is 6.54 Å². The summed E-state index contributed by atoms with van der Waals surface area (Å²) in [6, 6.07) is 6.08. The minimum absolute atomic E-state index is 0.347. The molecule has 1 saturated heterocycles. The number of benzene rings is 1. The van der Waals surface area contributed by atoms with Crippen molar-refractivity contribution in [2.45, 2.75) is 39.2 Å². The summed E-state index contributed by atoms with van der Waals surface area (Å²) in [6.07, 6.45) is 0. The van der Waals surface area contributed by atoms with E-state index in [4.69, 9.17) is 0 Å². The van der Waals surface area contributed by atoms with Crippen LogP contribution in [0.5, 0.6) is 0 Å². The summed E-state index contributed by atoms with van der Waals surface area (Å²) >= 11 is 0. The molecule has 26 heavy (non-hydrogen) atoms. The second-order valence-corrected chi connectivity index (χ2v) is 6.63. The molecule has 0 aromatic heterocycles. The number of amides is 6. The van der Waals surface area contributed by atoms with E-state index in [2.05, 4.69) is 29.8 Å². The molecule has 1 aliphatic heterocycles. The third kappa shape index (κ3) is 3.84. The molecule has 1 atom stereocenters. The molecule has 0 spiro atoms. The lowest BCUT2D eigenvalue weighted by atomic mass is 9.90. The summed E-state index contributed by atoms with van der Waals surface area (Å²) in [4.78, 5) is 49.1. The zero-order valence-corrected chi connectivity index (χ0v) is 15.4. The molecule has 3 N–H and O–H groups in total. The average molecular weight is 360 g/mol. The first kappa shape index (κ1) is 19.4. The number of carbonyl (C=O) groups excluding carboxylic acids is 4. The van der Waals surface area contributed by atoms with Gasteiger partial charge in [0.05, 0.1) is 0 Å². The van der Waals surface area contributed by atoms with E-state index in [1.54, 1.807) is 26.0 Å². The Kier molecular flexibility index (Phi) is 5.64. The molecule has 8 heteroatoms. The smallest absolute Gasteiger partial charge is 0.325 e. The minimum atomic E-state index is -1.25. The predicted molar refractivity (Wildman–Crippen MR) is 95.3 cm³/mol. The van der Waals surface area contributed by atoms with Gasteiger partial charge in [0.25, 0.3) is 5.91 Å². The summed E-state index contributed by atoms with van der Waals surface area (Å²) in [6.45, 7) is 7.26. The number of hydrogen-bond donors (Lipinski definition) is 3. The molecule has 0 radical (unpaired) electrons. The van der Waals surface area contributed by atoms with Crippen LogP contribution in [-0.4, -0.2) is 41.9 Å². The molecule has 1 aliphatic rings. The second-order valence-electron chi connectivity index (χ2n) is 6.63. The van der Waals surface area contributed by atoms with Crippen molar-refractivity contribution in [1.82, 2.24) is 20.9 Å². The number of carbonyl (C=O) groups is 4. The topological polar surface area (TPSA) is 108 Å². The largest absolute Gasteiger partial charge is 0.338 e. The maximum atomic E-state index is 12.8. The second kappa shape index (κ2) is 7.55. The van der Waals surface area contributed by atoms with Crippen LogP contribution in [0.3, 0.4) is 0 Å². The molecule has 0 saturated carbocycles. The standard InChI is InChI=1S/C18H24N4O4/c1-5-19-16(25)20-14(23)10-22-15(24)18(4,21-17(22)26)13-8-6-12(7-9-13)11(2)3/h6-9,11H,5,10H2,1-4H3,(H,21,26)(H2,19,20,23,25)/t18-/m0/s1. The van der Waals surface area contributed by atoms with E-state index in [1.807, 2.05) is 12.1 Å². The lowest BCUT2D eigenvalue weighted by molar-refractivity contribution is -0.134. The molecule has 0 bridgehead atoms. The van der Waals surface area contributed by atoms with E-state index < -0.39 is 36.0 Å². The van der Waals surface area contributed by atoms with Crippen molar-refractivity contribution in [3.8, 4) is 0 Å². The van der Waals surface area contributed by atoms with Crippen molar-refractivity contribution in [2.24, 2.45) is 0 Å². The van der Waals surface area contributed by atoms with Gasteiger partial charge in [0.15, 0.2) is 0 Å². The van der Waals surface area contributed by atoms with Gasteiger partial charge in [-0.1, -0.05) is 38.1 Å². The van der Waals surface area contributed by atoms with E-state index in [-0.39, 0.29) is 0 Å². The zero-order valence-electron chi connectivity index (χ0n) is 15.4. The third-order valence-corrected chi connectivity index (χ3v) is 4.32. The van der Waals surface area contributed by atoms with Crippen LogP contribution in [0.15, 0.2) is 24.3 Å². The van der Waals surface area contributed by atoms with Crippen LogP contribution in [0.1, 0.15) is 44.7 Å². The van der Waals surface area contributed by atoms with Crippen molar-refractivity contribution < 1.29 is 19.2 Å². The highest BCUT2D eigenvalue weighted by Gasteiger charge is 2.49. The van der Waals surface area contributed by atoms with Crippen molar-refractivity contribution in [2.75, 3.05) is 13.1 Å². The average Bonchev–Trinajstić information content (AvgIpc) is 2.79. The van der Waals surface area contributed by atoms with Crippen LogP contribution in [0.25, 0.3) is 0 Å². The Morgan fingerprint density at radius 2 is 1.81 bits per heavy atom. The van der Waals surface area contributed by atoms with Crippen LogP contribution in [0, 0.1) is 0 Å². The number of nitrogens with zero attached hydrogens (tertiary/aromatic N) is 1. The molecule has 0 aliphatic carbocycles. The van der Waals surface area contributed by atoms with E-state index >= 15 is 0 Å². The highest BCUT2D eigenvalue weighted by molar-refractivity contribution is 6.10. The minimum Gasteiger partial charge on any atom is -0.338 e. The Labute approximate surface area is 152 Å². The summed E-state index contributed by atoms with van der Waals surface area (Å²) in [5, 5.41) is 7.11. The van der Waals surface area contributed by atoms with Gasteiger partial charge in [-0.3, -0.25) is 19.8 Å². The maximum absolute atomic E-state index is 12.8. The van der Waals surface area contributed by atoms with Gasteiger partial charge in [0.2, 0.25) is 5.91 Å². The fraction of sp³-hybridized carbons (Fsp3) is 0.444. The van der Waals surface area contributed by atoms with E-state index in [0.717, 1.165) is 10.5 Å². The van der Waals surface area contributed by atoms with Crippen molar-refractivity contribution in [1.29, 1.82) is 0 Å². The fourth-order valence-electron chi connectivity index (χ4n) is 2.75. The summed E-state index contributed by atoms with van der Waals surface area (Å²) < 4.78 is 0. The molecular weight excluding hydrogens is 336 g/mol. The Balaban J connectivity index is 2.14. The SMILES string of the molecule is CCNC(=O)NC(=O)CN1C(=O)N[C@@](C)(c2ccc(C(C)C)cc2)C1=O. The van der Waals surface area contributed by atoms with Gasteiger partial charge in [-0.05, 0) is 30.9 Å². The van der Waals surface area contributed by atoms with Crippen LogP contribution >= 0.6 is 0 Å². The van der Waals surface area contributed by atoms with Gasteiger partial charge in [-0.25, -0.2) is 9.59 Å².